The van der Waals surface area contributed by atoms with Crippen LogP contribution >= 0.6 is 15.9 Å². The third kappa shape index (κ3) is 4.95. The fourth-order valence-electron chi connectivity index (χ4n) is 1.84. The highest BCUT2D eigenvalue weighted by molar-refractivity contribution is 9.10. The minimum Gasteiger partial charge on any atom is -0.481 e. The molecule has 0 aliphatic carbocycles. The van der Waals surface area contributed by atoms with Crippen LogP contribution in [-0.4, -0.2) is 39.8 Å². The van der Waals surface area contributed by atoms with Gasteiger partial charge in [0.2, 0.25) is 11.8 Å². The van der Waals surface area contributed by atoms with E-state index in [4.69, 9.17) is 9.52 Å². The van der Waals surface area contributed by atoms with Gasteiger partial charge in [-0.1, -0.05) is 15.9 Å². The Morgan fingerprint density at radius 1 is 1.33 bits per heavy atom. The largest absolute Gasteiger partial charge is 0.481 e. The molecule has 0 saturated heterocycles. The van der Waals surface area contributed by atoms with E-state index >= 15 is 0 Å². The van der Waals surface area contributed by atoms with E-state index in [-0.39, 0.29) is 6.42 Å². The highest BCUT2D eigenvalue weighted by Gasteiger charge is 2.10. The van der Waals surface area contributed by atoms with Gasteiger partial charge < -0.3 is 9.52 Å². The van der Waals surface area contributed by atoms with E-state index in [2.05, 4.69) is 26.1 Å². The van der Waals surface area contributed by atoms with E-state index in [9.17, 15) is 4.79 Å². The lowest BCUT2D eigenvalue weighted by atomic mass is 10.2. The van der Waals surface area contributed by atoms with Gasteiger partial charge in [0.25, 0.3) is 0 Å². The van der Waals surface area contributed by atoms with E-state index in [0.29, 0.717) is 31.3 Å². The van der Waals surface area contributed by atoms with Gasteiger partial charge in [-0.15, -0.1) is 10.2 Å². The molecule has 1 aromatic heterocycles. The molecule has 0 aliphatic rings. The van der Waals surface area contributed by atoms with Crippen molar-refractivity contribution in [3.63, 3.8) is 0 Å². The zero-order chi connectivity index (χ0) is 15.2. The quantitative estimate of drug-likeness (QED) is 0.824. The van der Waals surface area contributed by atoms with Gasteiger partial charge in [0, 0.05) is 16.5 Å². The summed E-state index contributed by atoms with van der Waals surface area (Å²) in [5, 5.41) is 16.6. The molecule has 6 nitrogen and oxygen atoms in total. The number of aromatic nitrogens is 2. The molecule has 112 valence electrons. The van der Waals surface area contributed by atoms with Crippen molar-refractivity contribution in [1.82, 2.24) is 15.1 Å². The van der Waals surface area contributed by atoms with Crippen LogP contribution in [-0.2, 0) is 11.3 Å². The molecule has 2 aromatic rings. The summed E-state index contributed by atoms with van der Waals surface area (Å²) in [5.41, 5.74) is 0.866. The van der Waals surface area contributed by atoms with Crippen LogP contribution in [0.25, 0.3) is 11.5 Å². The Balaban J connectivity index is 1.90. The Kier molecular flexibility index (Phi) is 5.46. The van der Waals surface area contributed by atoms with E-state index in [1.165, 1.54) is 0 Å². The third-order valence-electron chi connectivity index (χ3n) is 2.89. The van der Waals surface area contributed by atoms with Crippen LogP contribution in [0.1, 0.15) is 18.7 Å². The molecule has 0 radical (unpaired) electrons. The summed E-state index contributed by atoms with van der Waals surface area (Å²) in [6, 6.07) is 7.63. The van der Waals surface area contributed by atoms with Crippen LogP contribution in [0, 0.1) is 0 Å². The molecular weight excluding hydrogens is 338 g/mol. The lowest BCUT2D eigenvalue weighted by Gasteiger charge is -2.12. The Bertz CT molecular complexity index is 598. The first kappa shape index (κ1) is 15.7. The molecule has 0 fully saturated rings. The monoisotopic (exact) mass is 353 g/mol. The van der Waals surface area contributed by atoms with Crippen LogP contribution in [0.4, 0.5) is 0 Å². The first-order valence-corrected chi connectivity index (χ1v) is 7.32. The second-order valence-corrected chi connectivity index (χ2v) is 5.66. The van der Waals surface area contributed by atoms with Crippen molar-refractivity contribution in [1.29, 1.82) is 0 Å². The number of rotatable bonds is 7. The van der Waals surface area contributed by atoms with Crippen molar-refractivity contribution < 1.29 is 14.3 Å². The van der Waals surface area contributed by atoms with Gasteiger partial charge in [0.15, 0.2) is 0 Å². The second kappa shape index (κ2) is 7.33. The maximum Gasteiger partial charge on any atom is 0.303 e. The Morgan fingerprint density at radius 3 is 2.71 bits per heavy atom. The van der Waals surface area contributed by atoms with Gasteiger partial charge in [0.05, 0.1) is 6.54 Å². The highest BCUT2D eigenvalue weighted by atomic mass is 79.9. The Morgan fingerprint density at radius 2 is 2.05 bits per heavy atom. The number of carboxylic acid groups (broad SMARTS) is 1. The normalized spacial score (nSPS) is 11.0. The Hall–Kier alpha value is -1.73. The average Bonchev–Trinajstić information content (AvgIpc) is 2.87. The SMILES string of the molecule is CN(CCCC(=O)O)Cc1nnc(-c2ccc(Br)cc2)o1. The van der Waals surface area contributed by atoms with Gasteiger partial charge >= 0.3 is 5.97 Å². The number of aliphatic carboxylic acids is 1. The number of benzene rings is 1. The molecular formula is C14H16BrN3O3. The van der Waals surface area contributed by atoms with Crippen molar-refractivity contribution in [3.8, 4) is 11.5 Å². The van der Waals surface area contributed by atoms with Crippen LogP contribution < -0.4 is 0 Å². The predicted molar refractivity (Wildman–Crippen MR) is 80.6 cm³/mol. The molecule has 7 heteroatoms. The fraction of sp³-hybridized carbons (Fsp3) is 0.357. The first-order chi connectivity index (χ1) is 10.0. The summed E-state index contributed by atoms with van der Waals surface area (Å²) in [4.78, 5) is 12.4. The fourth-order valence-corrected chi connectivity index (χ4v) is 2.10. The van der Waals surface area contributed by atoms with Crippen molar-refractivity contribution >= 4 is 21.9 Å². The molecule has 1 heterocycles. The molecule has 0 unspecified atom stereocenters. The van der Waals surface area contributed by atoms with Gasteiger partial charge in [-0.05, 0) is 44.3 Å². The van der Waals surface area contributed by atoms with Crippen LogP contribution in [0.5, 0.6) is 0 Å². The summed E-state index contributed by atoms with van der Waals surface area (Å²) in [7, 11) is 1.89. The molecule has 21 heavy (non-hydrogen) atoms. The molecule has 0 bridgehead atoms. The molecule has 1 N–H and O–H groups in total. The molecule has 0 spiro atoms. The van der Waals surface area contributed by atoms with E-state index < -0.39 is 5.97 Å². The van der Waals surface area contributed by atoms with Gasteiger partial charge in [-0.25, -0.2) is 0 Å². The molecule has 2 rings (SSSR count). The van der Waals surface area contributed by atoms with E-state index in [1.807, 2.05) is 36.2 Å². The smallest absolute Gasteiger partial charge is 0.303 e. The summed E-state index contributed by atoms with van der Waals surface area (Å²) in [5.74, 6) is 0.223. The zero-order valence-corrected chi connectivity index (χ0v) is 13.2. The third-order valence-corrected chi connectivity index (χ3v) is 3.42. The van der Waals surface area contributed by atoms with Gasteiger partial charge in [-0.2, -0.15) is 0 Å². The number of halogens is 1. The first-order valence-electron chi connectivity index (χ1n) is 6.53. The van der Waals surface area contributed by atoms with Gasteiger partial charge in [-0.3, -0.25) is 9.69 Å². The molecule has 0 atom stereocenters. The summed E-state index contributed by atoms with van der Waals surface area (Å²) < 4.78 is 6.60. The molecule has 0 saturated carbocycles. The molecule has 1 aromatic carbocycles. The lowest BCUT2D eigenvalue weighted by molar-refractivity contribution is -0.137. The van der Waals surface area contributed by atoms with Crippen LogP contribution in [0.3, 0.4) is 0 Å². The topological polar surface area (TPSA) is 79.5 Å². The van der Waals surface area contributed by atoms with Crippen molar-refractivity contribution in [3.05, 3.63) is 34.6 Å². The summed E-state index contributed by atoms with van der Waals surface area (Å²) >= 11 is 3.38. The van der Waals surface area contributed by atoms with E-state index in [1.54, 1.807) is 0 Å². The number of carboxylic acids is 1. The summed E-state index contributed by atoms with van der Waals surface area (Å²) in [6.45, 7) is 1.17. The summed E-state index contributed by atoms with van der Waals surface area (Å²) in [6.07, 6.45) is 0.762. The number of hydrogen-bond acceptors (Lipinski definition) is 5. The minimum absolute atomic E-state index is 0.165. The van der Waals surface area contributed by atoms with Crippen LogP contribution in [0.15, 0.2) is 33.2 Å². The molecule has 0 aliphatic heterocycles. The minimum atomic E-state index is -0.779. The number of nitrogens with zero attached hydrogens (tertiary/aromatic N) is 3. The molecule has 0 amide bonds. The lowest BCUT2D eigenvalue weighted by Crippen LogP contribution is -2.20. The highest BCUT2D eigenvalue weighted by Crippen LogP contribution is 2.20. The van der Waals surface area contributed by atoms with Crippen molar-refractivity contribution in [2.75, 3.05) is 13.6 Å². The maximum absolute atomic E-state index is 10.5. The van der Waals surface area contributed by atoms with Gasteiger partial charge in [0.1, 0.15) is 0 Å². The standard InChI is InChI=1S/C14H16BrN3O3/c1-18(8-2-3-13(19)20)9-12-16-17-14(21-12)10-4-6-11(15)7-5-10/h4-7H,2-3,8-9H2,1H3,(H,19,20). The van der Waals surface area contributed by atoms with Crippen LogP contribution in [0.2, 0.25) is 0 Å². The number of hydrogen-bond donors (Lipinski definition) is 1. The van der Waals surface area contributed by atoms with E-state index in [0.717, 1.165) is 10.0 Å². The van der Waals surface area contributed by atoms with Crippen molar-refractivity contribution in [2.24, 2.45) is 0 Å². The number of carbonyl (C=O) groups is 1. The van der Waals surface area contributed by atoms with Crippen molar-refractivity contribution in [2.45, 2.75) is 19.4 Å². The Labute approximate surface area is 130 Å². The average molecular weight is 354 g/mol. The maximum atomic E-state index is 10.5. The zero-order valence-electron chi connectivity index (χ0n) is 11.6. The predicted octanol–water partition coefficient (Wildman–Crippen LogP) is 2.80. The second-order valence-electron chi connectivity index (χ2n) is 4.74.